The highest BCUT2D eigenvalue weighted by molar-refractivity contribution is 7.13. The number of aromatic nitrogens is 3. The molecule has 0 bridgehead atoms. The Kier molecular flexibility index (Phi) is 5.66. The van der Waals surface area contributed by atoms with Crippen LogP contribution in [-0.4, -0.2) is 27.4 Å². The summed E-state index contributed by atoms with van der Waals surface area (Å²) in [7, 11) is 0. The average molecular weight is 358 g/mol. The summed E-state index contributed by atoms with van der Waals surface area (Å²) in [6.07, 6.45) is 5.53. The van der Waals surface area contributed by atoms with Gasteiger partial charge in [-0.2, -0.15) is 0 Å². The first-order valence-corrected chi connectivity index (χ1v) is 9.49. The van der Waals surface area contributed by atoms with Crippen LogP contribution in [0.1, 0.15) is 22.7 Å². The Bertz CT molecular complexity index is 798. The number of nitrogens with zero attached hydrogens (tertiary/aromatic N) is 3. The third-order valence-corrected chi connectivity index (χ3v) is 5.54. The number of hydrogen-bond donors (Lipinski definition) is 1. The van der Waals surface area contributed by atoms with Crippen LogP contribution in [0.5, 0.6) is 0 Å². The molecule has 5 nitrogen and oxygen atoms in total. The van der Waals surface area contributed by atoms with Crippen LogP contribution in [-0.2, 0) is 17.6 Å². The highest BCUT2D eigenvalue weighted by atomic mass is 32.1. The molecule has 0 atom stereocenters. The van der Waals surface area contributed by atoms with Gasteiger partial charge in [0.2, 0.25) is 5.91 Å². The van der Waals surface area contributed by atoms with Crippen molar-refractivity contribution < 1.29 is 4.79 Å². The molecule has 3 rings (SSSR count). The molecule has 7 heteroatoms. The summed E-state index contributed by atoms with van der Waals surface area (Å²) in [6.45, 7) is 2.59. The molecular formula is C17H18N4OS2. The maximum absolute atomic E-state index is 11.9. The van der Waals surface area contributed by atoms with Crippen LogP contribution in [0.25, 0.3) is 10.6 Å². The zero-order valence-electron chi connectivity index (χ0n) is 13.4. The molecule has 0 fully saturated rings. The summed E-state index contributed by atoms with van der Waals surface area (Å²) in [6, 6.07) is 3.90. The molecule has 0 radical (unpaired) electrons. The Balaban J connectivity index is 1.42. The van der Waals surface area contributed by atoms with Crippen molar-refractivity contribution in [2.45, 2.75) is 26.2 Å². The minimum Gasteiger partial charge on any atom is -0.356 e. The Labute approximate surface area is 148 Å². The fraction of sp³-hybridized carbons (Fsp3) is 0.294. The van der Waals surface area contributed by atoms with Crippen LogP contribution in [0, 0.1) is 6.92 Å². The molecule has 0 saturated heterocycles. The van der Waals surface area contributed by atoms with Gasteiger partial charge in [0.25, 0.3) is 0 Å². The molecule has 0 saturated carbocycles. The lowest BCUT2D eigenvalue weighted by Gasteiger charge is -2.03. The zero-order valence-corrected chi connectivity index (χ0v) is 15.0. The summed E-state index contributed by atoms with van der Waals surface area (Å²) in [4.78, 5) is 25.9. The van der Waals surface area contributed by atoms with Crippen LogP contribution < -0.4 is 5.32 Å². The van der Waals surface area contributed by atoms with Gasteiger partial charge in [-0.3, -0.25) is 9.78 Å². The third kappa shape index (κ3) is 4.46. The van der Waals surface area contributed by atoms with Gasteiger partial charge >= 0.3 is 0 Å². The van der Waals surface area contributed by atoms with Crippen LogP contribution in [0.3, 0.4) is 0 Å². The normalized spacial score (nSPS) is 10.7. The number of rotatable bonds is 7. The number of amides is 1. The van der Waals surface area contributed by atoms with Gasteiger partial charge < -0.3 is 5.32 Å². The summed E-state index contributed by atoms with van der Waals surface area (Å²) < 4.78 is 0. The Morgan fingerprint density at radius 1 is 1.21 bits per heavy atom. The molecule has 3 heterocycles. The Hall–Kier alpha value is -2.12. The van der Waals surface area contributed by atoms with E-state index in [4.69, 9.17) is 0 Å². The second kappa shape index (κ2) is 8.12. The van der Waals surface area contributed by atoms with Gasteiger partial charge in [-0.25, -0.2) is 9.97 Å². The number of thiazole rings is 2. The van der Waals surface area contributed by atoms with Crippen molar-refractivity contribution in [3.8, 4) is 10.6 Å². The van der Waals surface area contributed by atoms with Gasteiger partial charge in [-0.05, 0) is 25.5 Å². The predicted octanol–water partition coefficient (Wildman–Crippen LogP) is 3.26. The topological polar surface area (TPSA) is 67.8 Å². The molecular weight excluding hydrogens is 340 g/mol. The lowest BCUT2D eigenvalue weighted by Crippen LogP contribution is -2.25. The van der Waals surface area contributed by atoms with E-state index in [0.29, 0.717) is 13.0 Å². The van der Waals surface area contributed by atoms with E-state index < -0.39 is 0 Å². The number of nitrogens with one attached hydrogen (secondary N) is 1. The molecule has 0 aliphatic rings. The van der Waals surface area contributed by atoms with Gasteiger partial charge in [-0.1, -0.05) is 0 Å². The molecule has 124 valence electrons. The van der Waals surface area contributed by atoms with Crippen molar-refractivity contribution in [1.82, 2.24) is 20.3 Å². The first-order valence-electron chi connectivity index (χ1n) is 7.73. The largest absolute Gasteiger partial charge is 0.356 e. The molecule has 0 unspecified atom stereocenters. The fourth-order valence-electron chi connectivity index (χ4n) is 2.26. The van der Waals surface area contributed by atoms with E-state index in [1.165, 1.54) is 4.88 Å². The van der Waals surface area contributed by atoms with Gasteiger partial charge in [0, 0.05) is 47.6 Å². The maximum atomic E-state index is 11.9. The van der Waals surface area contributed by atoms with Gasteiger partial charge in [0.1, 0.15) is 5.01 Å². The first kappa shape index (κ1) is 16.7. The molecule has 1 amide bonds. The lowest BCUT2D eigenvalue weighted by molar-refractivity contribution is -0.121. The van der Waals surface area contributed by atoms with E-state index in [-0.39, 0.29) is 5.91 Å². The predicted molar refractivity (Wildman–Crippen MR) is 97.2 cm³/mol. The van der Waals surface area contributed by atoms with Crippen LogP contribution in [0.15, 0.2) is 35.4 Å². The SMILES string of the molecule is Cc1ncsc1CCC(=O)NCCc1csc(-c2ccncc2)n1. The summed E-state index contributed by atoms with van der Waals surface area (Å²) >= 11 is 3.22. The van der Waals surface area contributed by atoms with Crippen LogP contribution in [0.4, 0.5) is 0 Å². The van der Waals surface area contributed by atoms with Gasteiger partial charge in [0.05, 0.1) is 16.9 Å². The number of hydrogen-bond acceptors (Lipinski definition) is 6. The standard InChI is InChI=1S/C17H18N4OS2/c1-12-15(24-11-20-12)2-3-16(22)19-9-6-14-10-23-17(21-14)13-4-7-18-8-5-13/h4-5,7-8,10-11H,2-3,6,9H2,1H3,(H,19,22). The summed E-state index contributed by atoms with van der Waals surface area (Å²) in [5.74, 6) is 0.0763. The van der Waals surface area contributed by atoms with Crippen LogP contribution >= 0.6 is 22.7 Å². The molecule has 0 aliphatic carbocycles. The van der Waals surface area contributed by atoms with Gasteiger partial charge in [0.15, 0.2) is 0 Å². The van der Waals surface area contributed by atoms with E-state index in [0.717, 1.165) is 34.8 Å². The summed E-state index contributed by atoms with van der Waals surface area (Å²) in [5.41, 5.74) is 4.93. The van der Waals surface area contributed by atoms with E-state index >= 15 is 0 Å². The number of pyridine rings is 1. The monoisotopic (exact) mass is 358 g/mol. The van der Waals surface area contributed by atoms with Crippen molar-refractivity contribution in [1.29, 1.82) is 0 Å². The Morgan fingerprint density at radius 2 is 2.04 bits per heavy atom. The number of aryl methyl sites for hydroxylation is 2. The molecule has 3 aromatic rings. The lowest BCUT2D eigenvalue weighted by atomic mass is 10.2. The highest BCUT2D eigenvalue weighted by Gasteiger charge is 2.07. The zero-order chi connectivity index (χ0) is 16.8. The second-order valence-corrected chi connectivity index (χ2v) is 7.14. The fourth-order valence-corrected chi connectivity index (χ4v) is 3.90. The maximum Gasteiger partial charge on any atom is 0.220 e. The van der Waals surface area contributed by atoms with E-state index in [9.17, 15) is 4.79 Å². The summed E-state index contributed by atoms with van der Waals surface area (Å²) in [5, 5.41) is 5.99. The number of carbonyl (C=O) groups excluding carboxylic acids is 1. The minimum atomic E-state index is 0.0763. The van der Waals surface area contributed by atoms with E-state index in [1.54, 1.807) is 35.1 Å². The van der Waals surface area contributed by atoms with Crippen molar-refractivity contribution in [3.63, 3.8) is 0 Å². The molecule has 0 aromatic carbocycles. The quantitative estimate of drug-likeness (QED) is 0.704. The van der Waals surface area contributed by atoms with Crippen LogP contribution in [0.2, 0.25) is 0 Å². The number of carbonyl (C=O) groups is 1. The van der Waals surface area contributed by atoms with E-state index in [2.05, 4.69) is 20.3 Å². The molecule has 0 aliphatic heterocycles. The smallest absolute Gasteiger partial charge is 0.220 e. The van der Waals surface area contributed by atoms with Crippen molar-refractivity contribution >= 4 is 28.6 Å². The Morgan fingerprint density at radius 3 is 2.79 bits per heavy atom. The van der Waals surface area contributed by atoms with Crippen molar-refractivity contribution in [3.05, 3.63) is 51.7 Å². The molecule has 24 heavy (non-hydrogen) atoms. The minimum absolute atomic E-state index is 0.0763. The average Bonchev–Trinajstić information content (AvgIpc) is 3.23. The van der Waals surface area contributed by atoms with E-state index in [1.807, 2.05) is 29.9 Å². The third-order valence-electron chi connectivity index (χ3n) is 3.61. The van der Waals surface area contributed by atoms with Crippen molar-refractivity contribution in [2.75, 3.05) is 6.54 Å². The molecule has 0 spiro atoms. The second-order valence-electron chi connectivity index (χ2n) is 5.34. The molecule has 3 aromatic heterocycles. The van der Waals surface area contributed by atoms with Crippen molar-refractivity contribution in [2.24, 2.45) is 0 Å². The van der Waals surface area contributed by atoms with Gasteiger partial charge in [-0.15, -0.1) is 22.7 Å². The highest BCUT2D eigenvalue weighted by Crippen LogP contribution is 2.22. The molecule has 1 N–H and O–H groups in total. The first-order chi connectivity index (χ1) is 11.7.